The first-order valence-corrected chi connectivity index (χ1v) is 14.0. The zero-order valence-electron chi connectivity index (χ0n) is 23.0. The zero-order valence-corrected chi connectivity index (χ0v) is 23.8. The van der Waals surface area contributed by atoms with Gasteiger partial charge in [0, 0.05) is 43.5 Å². The third-order valence-corrected chi connectivity index (χ3v) is 7.72. The second-order valence-electron chi connectivity index (χ2n) is 9.33. The van der Waals surface area contributed by atoms with Gasteiger partial charge in [-0.2, -0.15) is 0 Å². The lowest BCUT2D eigenvalue weighted by molar-refractivity contribution is -0.384. The number of hydrogen-bond acceptors (Lipinski definition) is 10. The number of nitrogens with one attached hydrogen (secondary N) is 1. The Balaban J connectivity index is 1.30. The molecule has 1 amide bonds. The molecule has 0 saturated heterocycles. The zero-order chi connectivity index (χ0) is 29.6. The first-order valence-electron chi connectivity index (χ1n) is 13.0. The van der Waals surface area contributed by atoms with E-state index < -0.39 is 4.92 Å². The fraction of sp³-hybridized carbons (Fsp3) is 0.276. The Hall–Kier alpha value is -4.78. The molecule has 0 saturated carbocycles. The van der Waals surface area contributed by atoms with Gasteiger partial charge in [-0.3, -0.25) is 24.3 Å². The van der Waals surface area contributed by atoms with E-state index in [4.69, 9.17) is 23.9 Å². The third-order valence-electron chi connectivity index (χ3n) is 6.67. The Morgan fingerprint density at radius 2 is 1.76 bits per heavy atom. The summed E-state index contributed by atoms with van der Waals surface area (Å²) in [5.41, 5.74) is 1.95. The number of fused-ring (bicyclic) bond motifs is 2. The summed E-state index contributed by atoms with van der Waals surface area (Å²) in [4.78, 5) is 41.6. The molecule has 1 N–H and O–H groups in total. The highest BCUT2D eigenvalue weighted by molar-refractivity contribution is 7.98. The van der Waals surface area contributed by atoms with Crippen LogP contribution in [-0.4, -0.2) is 47.9 Å². The van der Waals surface area contributed by atoms with E-state index in [1.165, 1.54) is 28.5 Å². The Morgan fingerprint density at radius 3 is 2.48 bits per heavy atom. The van der Waals surface area contributed by atoms with E-state index in [-0.39, 0.29) is 36.9 Å². The van der Waals surface area contributed by atoms with Crippen molar-refractivity contribution in [1.29, 1.82) is 0 Å². The topological polar surface area (TPSA) is 144 Å². The van der Waals surface area contributed by atoms with Crippen LogP contribution in [0.4, 0.5) is 5.69 Å². The molecule has 13 heteroatoms. The normalized spacial score (nSPS) is 11.9. The Kier molecular flexibility index (Phi) is 8.77. The molecule has 0 aliphatic carbocycles. The highest BCUT2D eigenvalue weighted by Gasteiger charge is 2.20. The van der Waals surface area contributed by atoms with Crippen molar-refractivity contribution in [2.75, 3.05) is 27.6 Å². The van der Waals surface area contributed by atoms with E-state index in [0.717, 1.165) is 11.1 Å². The van der Waals surface area contributed by atoms with Crippen molar-refractivity contribution in [3.63, 3.8) is 0 Å². The van der Waals surface area contributed by atoms with Crippen LogP contribution >= 0.6 is 11.8 Å². The lowest BCUT2D eigenvalue weighted by atomic mass is 10.1. The monoisotopic (exact) mass is 592 g/mol. The molecule has 1 aliphatic heterocycles. The number of non-ortho nitro benzene ring substituents is 1. The molecule has 42 heavy (non-hydrogen) atoms. The quantitative estimate of drug-likeness (QED) is 0.111. The number of carbonyl (C=O) groups excluding carboxylic acids is 1. The number of nitro groups is 1. The summed E-state index contributed by atoms with van der Waals surface area (Å²) in [6, 6.07) is 15.1. The molecule has 3 aromatic carbocycles. The largest absolute Gasteiger partial charge is 0.493 e. The molecule has 0 fully saturated rings. The molecule has 0 atom stereocenters. The van der Waals surface area contributed by atoms with Gasteiger partial charge in [-0.1, -0.05) is 30.0 Å². The number of carbonyl (C=O) groups is 1. The van der Waals surface area contributed by atoms with Gasteiger partial charge in [0.05, 0.1) is 30.0 Å². The van der Waals surface area contributed by atoms with Crippen LogP contribution in [0.5, 0.6) is 23.0 Å². The predicted molar refractivity (Wildman–Crippen MR) is 156 cm³/mol. The number of nitro benzene ring substituents is 1. The molecule has 0 spiro atoms. The van der Waals surface area contributed by atoms with Crippen molar-refractivity contribution >= 4 is 34.3 Å². The molecular formula is C29H28N4O8S. The number of benzene rings is 3. The summed E-state index contributed by atoms with van der Waals surface area (Å²) in [7, 11) is 3.14. The summed E-state index contributed by atoms with van der Waals surface area (Å²) >= 11 is 1.31. The van der Waals surface area contributed by atoms with E-state index in [1.807, 2.05) is 18.2 Å². The number of amides is 1. The molecular weight excluding hydrogens is 564 g/mol. The molecule has 1 aliphatic rings. The summed E-state index contributed by atoms with van der Waals surface area (Å²) < 4.78 is 23.0. The number of thioether (sulfide) groups is 1. The lowest BCUT2D eigenvalue weighted by Gasteiger charge is -2.14. The van der Waals surface area contributed by atoms with Gasteiger partial charge in [-0.05, 0) is 35.7 Å². The number of hydrogen-bond donors (Lipinski definition) is 1. The van der Waals surface area contributed by atoms with E-state index in [0.29, 0.717) is 57.8 Å². The molecule has 2 heterocycles. The van der Waals surface area contributed by atoms with Gasteiger partial charge in [0.15, 0.2) is 28.2 Å². The summed E-state index contributed by atoms with van der Waals surface area (Å²) in [5, 5.41) is 14.7. The van der Waals surface area contributed by atoms with Gasteiger partial charge in [0.25, 0.3) is 11.2 Å². The Labute approximate surface area is 244 Å². The molecule has 0 bridgehead atoms. The number of rotatable bonds is 12. The first kappa shape index (κ1) is 28.7. The van der Waals surface area contributed by atoms with E-state index in [1.54, 1.807) is 38.5 Å². The second-order valence-corrected chi connectivity index (χ2v) is 10.3. The van der Waals surface area contributed by atoms with Crippen LogP contribution in [0.15, 0.2) is 64.5 Å². The van der Waals surface area contributed by atoms with Crippen LogP contribution in [0.1, 0.15) is 17.5 Å². The minimum Gasteiger partial charge on any atom is -0.493 e. The third kappa shape index (κ3) is 6.41. The Morgan fingerprint density at radius 1 is 1.05 bits per heavy atom. The van der Waals surface area contributed by atoms with Crippen LogP contribution in [-0.2, 0) is 23.5 Å². The molecule has 1 aromatic heterocycles. The van der Waals surface area contributed by atoms with Gasteiger partial charge in [-0.25, -0.2) is 4.98 Å². The molecule has 0 radical (unpaired) electrons. The van der Waals surface area contributed by atoms with E-state index in [2.05, 4.69) is 5.32 Å². The maximum Gasteiger partial charge on any atom is 0.269 e. The number of methoxy groups -OCH3 is 2. The fourth-order valence-corrected chi connectivity index (χ4v) is 5.43. The fourth-order valence-electron chi connectivity index (χ4n) is 4.44. The summed E-state index contributed by atoms with van der Waals surface area (Å²) in [6.45, 7) is 0.580. The maximum atomic E-state index is 13.6. The van der Waals surface area contributed by atoms with Crippen LogP contribution in [0.3, 0.4) is 0 Å². The van der Waals surface area contributed by atoms with Gasteiger partial charge in [-0.15, -0.1) is 0 Å². The smallest absolute Gasteiger partial charge is 0.269 e. The SMILES string of the molecule is COc1ccc(CCNC(=O)CCn2c(SCc3ccc([N+](=O)[O-])cc3)nc3cc4c(cc3c2=O)OCO4)cc1OC. The lowest BCUT2D eigenvalue weighted by Crippen LogP contribution is -2.30. The Bertz CT molecular complexity index is 1690. The molecule has 12 nitrogen and oxygen atoms in total. The minimum absolute atomic E-state index is 0.00213. The minimum atomic E-state index is -0.456. The standard InChI is InChI=1S/C29H28N4O8S/c1-38-23-8-5-18(13-24(23)39-2)9-11-30-27(34)10-12-32-28(35)21-14-25-26(41-17-40-25)15-22(21)31-29(32)42-16-19-3-6-20(7-4-19)33(36)37/h3-8,13-15H,9-12,16-17H2,1-2H3,(H,30,34). The van der Waals surface area contributed by atoms with Gasteiger partial charge in [0.2, 0.25) is 12.7 Å². The van der Waals surface area contributed by atoms with Crippen molar-refractivity contribution in [2.24, 2.45) is 0 Å². The van der Waals surface area contributed by atoms with Crippen LogP contribution in [0.25, 0.3) is 10.9 Å². The highest BCUT2D eigenvalue weighted by atomic mass is 32.2. The van der Waals surface area contributed by atoms with Crippen LogP contribution < -0.4 is 29.8 Å². The van der Waals surface area contributed by atoms with Crippen molar-refractivity contribution < 1.29 is 28.7 Å². The average molecular weight is 593 g/mol. The predicted octanol–water partition coefficient (Wildman–Crippen LogP) is 4.09. The number of aromatic nitrogens is 2. The average Bonchev–Trinajstić information content (AvgIpc) is 3.46. The molecule has 218 valence electrons. The number of nitrogens with zero attached hydrogens (tertiary/aromatic N) is 3. The van der Waals surface area contributed by atoms with Crippen LogP contribution in [0, 0.1) is 10.1 Å². The maximum absolute atomic E-state index is 13.6. The van der Waals surface area contributed by atoms with Crippen molar-refractivity contribution in [3.05, 3.63) is 86.2 Å². The van der Waals surface area contributed by atoms with Crippen molar-refractivity contribution in [3.8, 4) is 23.0 Å². The van der Waals surface area contributed by atoms with E-state index >= 15 is 0 Å². The van der Waals surface area contributed by atoms with Gasteiger partial charge < -0.3 is 24.3 Å². The molecule has 4 aromatic rings. The molecule has 5 rings (SSSR count). The summed E-state index contributed by atoms with van der Waals surface area (Å²) in [5.74, 6) is 2.42. The highest BCUT2D eigenvalue weighted by Crippen LogP contribution is 2.35. The second kappa shape index (κ2) is 12.8. The van der Waals surface area contributed by atoms with Crippen LogP contribution in [0.2, 0.25) is 0 Å². The van der Waals surface area contributed by atoms with E-state index in [9.17, 15) is 19.7 Å². The van der Waals surface area contributed by atoms with Crippen molar-refractivity contribution in [1.82, 2.24) is 14.9 Å². The van der Waals surface area contributed by atoms with Gasteiger partial charge >= 0.3 is 0 Å². The number of ether oxygens (including phenoxy) is 4. The molecule has 0 unspecified atom stereocenters. The summed E-state index contributed by atoms with van der Waals surface area (Å²) in [6.07, 6.45) is 0.655. The first-order chi connectivity index (χ1) is 20.4. The van der Waals surface area contributed by atoms with Gasteiger partial charge in [0.1, 0.15) is 0 Å². The van der Waals surface area contributed by atoms with Crippen molar-refractivity contribution in [2.45, 2.75) is 30.3 Å².